The normalized spacial score (nSPS) is 19.4. The smallest absolute Gasteiger partial charge is 0.326 e. The summed E-state index contributed by atoms with van der Waals surface area (Å²) in [6, 6.07) is 15.1. The number of esters is 1. The molecule has 2 aromatic carbocycles. The molecule has 0 radical (unpaired) electrons. The number of thioether (sulfide) groups is 1. The first-order valence-corrected chi connectivity index (χ1v) is 9.84. The molecule has 1 amide bonds. The molecule has 152 valence electrons. The average Bonchev–Trinajstić information content (AvgIpc) is 2.71. The van der Waals surface area contributed by atoms with E-state index in [1.807, 2.05) is 30.3 Å². The lowest BCUT2D eigenvalue weighted by Crippen LogP contribution is -2.63. The number of β-lactam (4-membered cyclic amide) rings is 1. The van der Waals surface area contributed by atoms with Gasteiger partial charge in [-0.15, -0.1) is 11.8 Å². The molecule has 1 aliphatic heterocycles. The first-order valence-electron chi connectivity index (χ1n) is 8.96. The minimum Gasteiger partial charge on any atom is -0.459 e. The van der Waals surface area contributed by atoms with Crippen molar-refractivity contribution in [2.24, 2.45) is 5.92 Å². The minimum absolute atomic E-state index is 0.0452. The molecular formula is C20H20N2O6S. The number of aliphatic hydroxyl groups is 1. The summed E-state index contributed by atoms with van der Waals surface area (Å²) in [5.74, 6) is -1.46. The Morgan fingerprint density at radius 2 is 1.90 bits per heavy atom. The fourth-order valence-electron chi connectivity index (χ4n) is 3.00. The van der Waals surface area contributed by atoms with Crippen LogP contribution in [0.25, 0.3) is 0 Å². The zero-order chi connectivity index (χ0) is 21.0. The minimum atomic E-state index is -0.823. The molecule has 9 heteroatoms. The second-order valence-corrected chi connectivity index (χ2v) is 7.83. The SMILES string of the molecule is C[C@H](O)[C@@H]1C(=O)N(CC(=O)OCc2ccc([N+](=O)[O-])cc2)[C@H]1Sc1ccccc1. The van der Waals surface area contributed by atoms with Crippen molar-refractivity contribution < 1.29 is 24.4 Å². The van der Waals surface area contributed by atoms with Crippen molar-refractivity contribution in [2.75, 3.05) is 6.54 Å². The van der Waals surface area contributed by atoms with Crippen molar-refractivity contribution in [3.8, 4) is 0 Å². The van der Waals surface area contributed by atoms with Crippen LogP contribution in [-0.2, 0) is 20.9 Å². The van der Waals surface area contributed by atoms with Gasteiger partial charge in [-0.25, -0.2) is 0 Å². The zero-order valence-corrected chi connectivity index (χ0v) is 16.5. The summed E-state index contributed by atoms with van der Waals surface area (Å²) in [4.78, 5) is 37.1. The van der Waals surface area contributed by atoms with E-state index in [1.165, 1.54) is 40.9 Å². The van der Waals surface area contributed by atoms with E-state index >= 15 is 0 Å². The molecule has 2 aromatic rings. The van der Waals surface area contributed by atoms with Crippen molar-refractivity contribution in [2.45, 2.75) is 29.9 Å². The molecule has 0 saturated carbocycles. The number of amides is 1. The lowest BCUT2D eigenvalue weighted by molar-refractivity contribution is -0.384. The van der Waals surface area contributed by atoms with Crippen molar-refractivity contribution >= 4 is 29.3 Å². The average molecular weight is 416 g/mol. The molecule has 1 aliphatic rings. The van der Waals surface area contributed by atoms with Crippen LogP contribution < -0.4 is 0 Å². The number of nitro benzene ring substituents is 1. The van der Waals surface area contributed by atoms with Gasteiger partial charge in [0.2, 0.25) is 5.91 Å². The number of rotatable bonds is 8. The maximum Gasteiger partial charge on any atom is 0.326 e. The molecule has 1 fully saturated rings. The Morgan fingerprint density at radius 1 is 1.24 bits per heavy atom. The van der Waals surface area contributed by atoms with Crippen LogP contribution >= 0.6 is 11.8 Å². The van der Waals surface area contributed by atoms with Gasteiger partial charge in [-0.2, -0.15) is 0 Å². The standard InChI is InChI=1S/C20H20N2O6S/c1-13(23)18-19(25)21(20(18)29-16-5-3-2-4-6-16)11-17(24)28-12-14-7-9-15(10-8-14)22(26)27/h2-10,13,18,20,23H,11-12H2,1H3/t13-,18+,20-/m0/s1. The zero-order valence-electron chi connectivity index (χ0n) is 15.6. The first-order chi connectivity index (χ1) is 13.9. The van der Waals surface area contributed by atoms with E-state index in [1.54, 1.807) is 6.92 Å². The lowest BCUT2D eigenvalue weighted by Gasteiger charge is -2.47. The number of nitrogens with zero attached hydrogens (tertiary/aromatic N) is 2. The summed E-state index contributed by atoms with van der Waals surface area (Å²) in [5.41, 5.74) is 0.562. The van der Waals surface area contributed by atoms with Crippen LogP contribution in [0.1, 0.15) is 12.5 Å². The molecule has 1 saturated heterocycles. The number of carbonyl (C=O) groups excluding carboxylic acids is 2. The van der Waals surface area contributed by atoms with Crippen LogP contribution in [0, 0.1) is 16.0 Å². The van der Waals surface area contributed by atoms with E-state index in [9.17, 15) is 24.8 Å². The summed E-state index contributed by atoms with van der Waals surface area (Å²) < 4.78 is 5.20. The van der Waals surface area contributed by atoms with Crippen LogP contribution in [0.3, 0.4) is 0 Å². The quantitative estimate of drug-likeness (QED) is 0.305. The van der Waals surface area contributed by atoms with Gasteiger partial charge in [-0.1, -0.05) is 18.2 Å². The number of aliphatic hydroxyl groups excluding tert-OH is 1. The highest BCUT2D eigenvalue weighted by molar-refractivity contribution is 8.00. The summed E-state index contributed by atoms with van der Waals surface area (Å²) in [6.07, 6.45) is -0.823. The predicted octanol–water partition coefficient (Wildman–Crippen LogP) is 2.60. The Hall–Kier alpha value is -2.91. The van der Waals surface area contributed by atoms with Gasteiger partial charge in [0.25, 0.3) is 5.69 Å². The highest BCUT2D eigenvalue weighted by Crippen LogP contribution is 2.40. The molecule has 1 heterocycles. The van der Waals surface area contributed by atoms with Gasteiger partial charge in [-0.05, 0) is 36.8 Å². The third kappa shape index (κ3) is 4.93. The van der Waals surface area contributed by atoms with Crippen LogP contribution in [0.4, 0.5) is 5.69 Å². The number of non-ortho nitro benzene ring substituents is 1. The molecule has 0 bridgehead atoms. The Kier molecular flexibility index (Phi) is 6.50. The van der Waals surface area contributed by atoms with Gasteiger partial charge in [0, 0.05) is 17.0 Å². The number of likely N-dealkylation sites (tertiary alicyclic amines) is 1. The van der Waals surface area contributed by atoms with Gasteiger partial charge in [0.1, 0.15) is 13.2 Å². The maximum absolute atomic E-state index is 12.4. The van der Waals surface area contributed by atoms with E-state index in [0.717, 1.165) is 4.90 Å². The molecule has 0 spiro atoms. The number of carbonyl (C=O) groups is 2. The van der Waals surface area contributed by atoms with Crippen LogP contribution in [0.2, 0.25) is 0 Å². The highest BCUT2D eigenvalue weighted by Gasteiger charge is 2.50. The number of ether oxygens (including phenoxy) is 1. The van der Waals surface area contributed by atoms with Gasteiger partial charge < -0.3 is 14.7 Å². The van der Waals surface area contributed by atoms with E-state index in [0.29, 0.717) is 5.56 Å². The van der Waals surface area contributed by atoms with Crippen molar-refractivity contribution in [1.82, 2.24) is 4.90 Å². The molecule has 1 N–H and O–H groups in total. The Balaban J connectivity index is 1.58. The predicted molar refractivity (Wildman–Crippen MR) is 106 cm³/mol. The highest BCUT2D eigenvalue weighted by atomic mass is 32.2. The van der Waals surface area contributed by atoms with E-state index in [-0.39, 0.29) is 30.1 Å². The summed E-state index contributed by atoms with van der Waals surface area (Å²) >= 11 is 1.41. The molecule has 0 unspecified atom stereocenters. The van der Waals surface area contributed by atoms with Gasteiger partial charge in [0.05, 0.1) is 22.3 Å². The largest absolute Gasteiger partial charge is 0.459 e. The van der Waals surface area contributed by atoms with Crippen LogP contribution in [0.5, 0.6) is 0 Å². The summed E-state index contributed by atoms with van der Waals surface area (Å²) in [7, 11) is 0. The van der Waals surface area contributed by atoms with Crippen molar-refractivity contribution in [1.29, 1.82) is 0 Å². The number of nitro groups is 1. The van der Waals surface area contributed by atoms with Gasteiger partial charge >= 0.3 is 5.97 Å². The monoisotopic (exact) mass is 416 g/mol. The van der Waals surface area contributed by atoms with E-state index in [4.69, 9.17) is 4.74 Å². The maximum atomic E-state index is 12.4. The molecule has 3 rings (SSSR count). The molecule has 0 aromatic heterocycles. The second kappa shape index (κ2) is 9.06. The summed E-state index contributed by atoms with van der Waals surface area (Å²) in [6.45, 7) is 1.29. The third-order valence-corrected chi connectivity index (χ3v) is 5.88. The van der Waals surface area contributed by atoms with Gasteiger partial charge in [0.15, 0.2) is 0 Å². The van der Waals surface area contributed by atoms with Crippen LogP contribution in [-0.4, -0.2) is 44.8 Å². The summed E-state index contributed by atoms with van der Waals surface area (Å²) in [5, 5.41) is 20.2. The Labute approximate surface area is 171 Å². The fourth-order valence-corrected chi connectivity index (χ4v) is 4.39. The Bertz CT molecular complexity index is 888. The van der Waals surface area contributed by atoms with Crippen molar-refractivity contribution in [3.05, 3.63) is 70.3 Å². The van der Waals surface area contributed by atoms with Gasteiger partial charge in [-0.3, -0.25) is 19.7 Å². The topological polar surface area (TPSA) is 110 Å². The Morgan fingerprint density at radius 3 is 2.48 bits per heavy atom. The van der Waals surface area contributed by atoms with Crippen molar-refractivity contribution in [3.63, 3.8) is 0 Å². The lowest BCUT2D eigenvalue weighted by atomic mass is 9.93. The fraction of sp³-hybridized carbons (Fsp3) is 0.300. The number of benzene rings is 2. The second-order valence-electron chi connectivity index (χ2n) is 6.64. The van der Waals surface area contributed by atoms with E-state index < -0.39 is 22.9 Å². The molecule has 3 atom stereocenters. The number of hydrogen-bond donors (Lipinski definition) is 1. The third-order valence-electron chi connectivity index (χ3n) is 4.55. The molecule has 0 aliphatic carbocycles. The molecule has 8 nitrogen and oxygen atoms in total. The van der Waals surface area contributed by atoms with E-state index in [2.05, 4.69) is 0 Å². The first kappa shape index (κ1) is 20.8. The van der Waals surface area contributed by atoms with Crippen LogP contribution in [0.15, 0.2) is 59.5 Å². The molecular weight excluding hydrogens is 396 g/mol. The molecule has 29 heavy (non-hydrogen) atoms. The number of hydrogen-bond acceptors (Lipinski definition) is 7.